The van der Waals surface area contributed by atoms with Gasteiger partial charge < -0.3 is 5.11 Å². The number of carboxylic acids is 1. The van der Waals surface area contributed by atoms with Crippen molar-refractivity contribution < 1.29 is 14.7 Å². The van der Waals surface area contributed by atoms with Crippen molar-refractivity contribution in [2.75, 3.05) is 0 Å². The number of carbonyl (C=O) groups excluding carboxylic acids is 1. The molecular weight excluding hydrogens is 276 g/mol. The SMILES string of the molecule is C=C(C)C1CCC(=C)C(CC=C(C)C=O)C1(C)CCC(=O)O. The summed E-state index contributed by atoms with van der Waals surface area (Å²) in [5, 5.41) is 9.09. The van der Waals surface area contributed by atoms with Crippen LogP contribution in [0.25, 0.3) is 0 Å². The maximum Gasteiger partial charge on any atom is 0.303 e. The molecule has 0 aromatic rings. The maximum atomic E-state index is 11.1. The van der Waals surface area contributed by atoms with E-state index in [9.17, 15) is 9.59 Å². The lowest BCUT2D eigenvalue weighted by Crippen LogP contribution is -2.41. The number of aldehydes is 1. The molecule has 0 saturated heterocycles. The molecular formula is C19H28O3. The second kappa shape index (κ2) is 7.57. The quantitative estimate of drug-likeness (QED) is 0.426. The summed E-state index contributed by atoms with van der Waals surface area (Å²) in [5.74, 6) is -0.277. The van der Waals surface area contributed by atoms with E-state index in [0.717, 1.165) is 31.1 Å². The van der Waals surface area contributed by atoms with Crippen LogP contribution in [0.1, 0.15) is 52.9 Å². The highest BCUT2D eigenvalue weighted by Crippen LogP contribution is 2.54. The summed E-state index contributed by atoms with van der Waals surface area (Å²) < 4.78 is 0. The molecule has 0 amide bonds. The lowest BCUT2D eigenvalue weighted by molar-refractivity contribution is -0.138. The Balaban J connectivity index is 3.13. The summed E-state index contributed by atoms with van der Waals surface area (Å²) in [7, 11) is 0. The Morgan fingerprint density at radius 3 is 2.59 bits per heavy atom. The molecule has 0 aromatic carbocycles. The normalized spacial score (nSPS) is 29.2. The molecule has 22 heavy (non-hydrogen) atoms. The van der Waals surface area contributed by atoms with Crippen molar-refractivity contribution in [3.63, 3.8) is 0 Å². The van der Waals surface area contributed by atoms with E-state index in [1.807, 2.05) is 13.0 Å². The molecule has 0 aromatic heterocycles. The second-order valence-electron chi connectivity index (χ2n) is 6.85. The van der Waals surface area contributed by atoms with Gasteiger partial charge in [-0.05, 0) is 62.4 Å². The topological polar surface area (TPSA) is 54.4 Å². The number of allylic oxidation sites excluding steroid dienone is 4. The van der Waals surface area contributed by atoms with Gasteiger partial charge in [0.25, 0.3) is 0 Å². The van der Waals surface area contributed by atoms with Crippen LogP contribution < -0.4 is 0 Å². The van der Waals surface area contributed by atoms with Crippen LogP contribution in [0.4, 0.5) is 0 Å². The maximum absolute atomic E-state index is 11.1. The fourth-order valence-electron chi connectivity index (χ4n) is 3.86. The fourth-order valence-corrected chi connectivity index (χ4v) is 3.86. The molecule has 3 unspecified atom stereocenters. The van der Waals surface area contributed by atoms with Crippen LogP contribution in [0.5, 0.6) is 0 Å². The highest BCUT2D eigenvalue weighted by molar-refractivity contribution is 5.72. The fraction of sp³-hybridized carbons (Fsp3) is 0.579. The molecule has 1 fully saturated rings. The molecule has 1 saturated carbocycles. The zero-order chi connectivity index (χ0) is 16.9. The summed E-state index contributed by atoms with van der Waals surface area (Å²) in [6, 6.07) is 0. The number of aliphatic carboxylic acids is 1. The van der Waals surface area contributed by atoms with E-state index in [2.05, 4.69) is 20.1 Å². The average molecular weight is 304 g/mol. The predicted octanol–water partition coefficient (Wildman–Crippen LogP) is 4.55. The van der Waals surface area contributed by atoms with Crippen molar-refractivity contribution in [1.29, 1.82) is 0 Å². The zero-order valence-electron chi connectivity index (χ0n) is 14.0. The van der Waals surface area contributed by atoms with Gasteiger partial charge in [0.1, 0.15) is 6.29 Å². The highest BCUT2D eigenvalue weighted by Gasteiger charge is 2.45. The summed E-state index contributed by atoms with van der Waals surface area (Å²) >= 11 is 0. The van der Waals surface area contributed by atoms with Gasteiger partial charge in [-0.2, -0.15) is 0 Å². The monoisotopic (exact) mass is 304 g/mol. The lowest BCUT2D eigenvalue weighted by atomic mass is 9.55. The van der Waals surface area contributed by atoms with E-state index in [-0.39, 0.29) is 17.8 Å². The first-order valence-corrected chi connectivity index (χ1v) is 7.89. The molecule has 0 bridgehead atoms. The van der Waals surface area contributed by atoms with Crippen LogP contribution in [0.3, 0.4) is 0 Å². The van der Waals surface area contributed by atoms with Gasteiger partial charge in [-0.1, -0.05) is 37.3 Å². The van der Waals surface area contributed by atoms with Crippen LogP contribution in [0.2, 0.25) is 0 Å². The van der Waals surface area contributed by atoms with E-state index in [0.29, 0.717) is 17.9 Å². The van der Waals surface area contributed by atoms with Gasteiger partial charge in [0, 0.05) is 6.42 Å². The first kappa shape index (κ1) is 18.4. The standard InChI is InChI=1S/C19H28O3/c1-13(2)16-9-7-15(4)17(8-6-14(3)12-20)19(16,5)11-10-18(21)22/h6,12,16-17H,1,4,7-11H2,2-3,5H3,(H,21,22). The molecule has 3 atom stereocenters. The minimum Gasteiger partial charge on any atom is -0.481 e. The van der Waals surface area contributed by atoms with E-state index in [1.54, 1.807) is 6.92 Å². The summed E-state index contributed by atoms with van der Waals surface area (Å²) in [5.41, 5.74) is 2.83. The Labute approximate surface area is 133 Å². The van der Waals surface area contributed by atoms with Gasteiger partial charge in [0.05, 0.1) is 0 Å². The number of hydrogen-bond acceptors (Lipinski definition) is 2. The number of carbonyl (C=O) groups is 2. The Hall–Kier alpha value is -1.64. The van der Waals surface area contributed by atoms with E-state index in [4.69, 9.17) is 5.11 Å². The van der Waals surface area contributed by atoms with Crippen molar-refractivity contribution in [2.24, 2.45) is 17.3 Å². The van der Waals surface area contributed by atoms with Crippen molar-refractivity contribution in [3.05, 3.63) is 36.0 Å². The third kappa shape index (κ3) is 4.19. The van der Waals surface area contributed by atoms with Crippen molar-refractivity contribution in [1.82, 2.24) is 0 Å². The molecule has 0 aliphatic heterocycles. The largest absolute Gasteiger partial charge is 0.481 e. The molecule has 1 rings (SSSR count). The van der Waals surface area contributed by atoms with Gasteiger partial charge in [-0.3, -0.25) is 9.59 Å². The van der Waals surface area contributed by atoms with Gasteiger partial charge in [-0.25, -0.2) is 0 Å². The van der Waals surface area contributed by atoms with E-state index >= 15 is 0 Å². The summed E-state index contributed by atoms with van der Waals surface area (Å²) in [6.07, 6.45) is 6.23. The number of hydrogen-bond donors (Lipinski definition) is 1. The smallest absolute Gasteiger partial charge is 0.303 e. The van der Waals surface area contributed by atoms with Crippen LogP contribution in [-0.2, 0) is 9.59 Å². The third-order valence-corrected chi connectivity index (χ3v) is 5.17. The molecule has 1 N–H and O–H groups in total. The Kier molecular flexibility index (Phi) is 6.34. The highest BCUT2D eigenvalue weighted by atomic mass is 16.4. The first-order chi connectivity index (χ1) is 10.2. The van der Waals surface area contributed by atoms with Crippen LogP contribution in [-0.4, -0.2) is 17.4 Å². The van der Waals surface area contributed by atoms with Crippen molar-refractivity contribution in [2.45, 2.75) is 52.9 Å². The number of rotatable bonds is 7. The van der Waals surface area contributed by atoms with E-state index in [1.165, 1.54) is 5.57 Å². The predicted molar refractivity (Wildman–Crippen MR) is 89.6 cm³/mol. The third-order valence-electron chi connectivity index (χ3n) is 5.17. The van der Waals surface area contributed by atoms with Crippen LogP contribution >= 0.6 is 0 Å². The lowest BCUT2D eigenvalue weighted by Gasteiger charge is -2.49. The summed E-state index contributed by atoms with van der Waals surface area (Å²) in [6.45, 7) is 14.3. The summed E-state index contributed by atoms with van der Waals surface area (Å²) in [4.78, 5) is 21.9. The second-order valence-corrected chi connectivity index (χ2v) is 6.85. The Morgan fingerprint density at radius 2 is 2.09 bits per heavy atom. The van der Waals surface area contributed by atoms with Crippen LogP contribution in [0.15, 0.2) is 36.0 Å². The van der Waals surface area contributed by atoms with Gasteiger partial charge in [-0.15, -0.1) is 0 Å². The van der Waals surface area contributed by atoms with Crippen molar-refractivity contribution >= 4 is 12.3 Å². The molecule has 3 nitrogen and oxygen atoms in total. The Bertz CT molecular complexity index is 501. The molecule has 1 aliphatic rings. The van der Waals surface area contributed by atoms with Crippen molar-refractivity contribution in [3.8, 4) is 0 Å². The van der Waals surface area contributed by atoms with Crippen LogP contribution in [0, 0.1) is 17.3 Å². The average Bonchev–Trinajstić information content (AvgIpc) is 2.44. The molecule has 0 radical (unpaired) electrons. The van der Waals surface area contributed by atoms with Gasteiger partial charge >= 0.3 is 5.97 Å². The van der Waals surface area contributed by atoms with E-state index < -0.39 is 5.97 Å². The minimum atomic E-state index is -0.767. The zero-order valence-corrected chi connectivity index (χ0v) is 14.0. The first-order valence-electron chi connectivity index (χ1n) is 7.89. The Morgan fingerprint density at radius 1 is 1.45 bits per heavy atom. The molecule has 1 aliphatic carbocycles. The minimum absolute atomic E-state index is 0.153. The van der Waals surface area contributed by atoms with Gasteiger partial charge in [0.2, 0.25) is 0 Å². The molecule has 122 valence electrons. The molecule has 0 heterocycles. The van der Waals surface area contributed by atoms with Gasteiger partial charge in [0.15, 0.2) is 0 Å². The molecule has 0 spiro atoms. The molecule has 3 heteroatoms. The number of carboxylic acid groups (broad SMARTS) is 1.